The van der Waals surface area contributed by atoms with Crippen LogP contribution in [0.2, 0.25) is 0 Å². The number of ether oxygens (including phenoxy) is 2. The van der Waals surface area contributed by atoms with Crippen molar-refractivity contribution in [1.29, 1.82) is 0 Å². The number of rotatable bonds is 5. The zero-order valence-electron chi connectivity index (χ0n) is 10.6. The fourth-order valence-electron chi connectivity index (χ4n) is 2.14. The molecule has 0 fully saturated rings. The van der Waals surface area contributed by atoms with Crippen LogP contribution in [0, 0.1) is 0 Å². The molecule has 0 aromatic heterocycles. The lowest BCUT2D eigenvalue weighted by Gasteiger charge is -2.18. The summed E-state index contributed by atoms with van der Waals surface area (Å²) in [5.74, 6) is 1.04. The van der Waals surface area contributed by atoms with Crippen LogP contribution in [0.25, 0.3) is 0 Å². The molecular weight excluding hydrogens is 214 g/mol. The molecule has 1 aliphatic heterocycles. The highest BCUT2D eigenvalue weighted by Gasteiger charge is 2.14. The monoisotopic (exact) mass is 235 g/mol. The third kappa shape index (κ3) is 2.99. The Hall–Kier alpha value is -1.06. The molecule has 1 aromatic carbocycles. The van der Waals surface area contributed by atoms with Crippen molar-refractivity contribution in [3.8, 4) is 5.75 Å². The Balaban J connectivity index is 1.91. The van der Waals surface area contributed by atoms with Gasteiger partial charge in [-0.1, -0.05) is 12.1 Å². The molecule has 2 N–H and O–H groups in total. The average Bonchev–Trinajstić information content (AvgIpc) is 2.82. The molecule has 3 heteroatoms. The molecule has 2 atom stereocenters. The van der Waals surface area contributed by atoms with Crippen molar-refractivity contribution in [2.75, 3.05) is 13.7 Å². The molecule has 0 radical (unpaired) electrons. The lowest BCUT2D eigenvalue weighted by Crippen LogP contribution is -2.34. The molecule has 2 unspecified atom stereocenters. The lowest BCUT2D eigenvalue weighted by atomic mass is 10.0. The number of fused-ring (bicyclic) bond motifs is 1. The van der Waals surface area contributed by atoms with Gasteiger partial charge in [0.1, 0.15) is 5.75 Å². The molecule has 1 heterocycles. The van der Waals surface area contributed by atoms with Crippen molar-refractivity contribution >= 4 is 0 Å². The molecule has 94 valence electrons. The standard InChI is InChI=1S/C14H21NO2/c1-10(16-2)13(15)5-3-11-4-6-14-12(9-11)7-8-17-14/h4,6,9-10,13H,3,5,7-8,15H2,1-2H3. The molecule has 3 nitrogen and oxygen atoms in total. The molecule has 1 aliphatic rings. The van der Waals surface area contributed by atoms with Crippen LogP contribution in [0.1, 0.15) is 24.5 Å². The summed E-state index contributed by atoms with van der Waals surface area (Å²) in [6.45, 7) is 2.83. The maximum Gasteiger partial charge on any atom is 0.122 e. The minimum Gasteiger partial charge on any atom is -0.493 e. The minimum absolute atomic E-state index is 0.101. The Labute approximate surface area is 103 Å². The zero-order chi connectivity index (χ0) is 12.3. The van der Waals surface area contributed by atoms with E-state index in [2.05, 4.69) is 18.2 Å². The van der Waals surface area contributed by atoms with Gasteiger partial charge in [-0.15, -0.1) is 0 Å². The van der Waals surface area contributed by atoms with Crippen molar-refractivity contribution in [1.82, 2.24) is 0 Å². The second-order valence-corrected chi connectivity index (χ2v) is 4.68. The van der Waals surface area contributed by atoms with Gasteiger partial charge in [-0.3, -0.25) is 0 Å². The zero-order valence-corrected chi connectivity index (χ0v) is 10.6. The van der Waals surface area contributed by atoms with Crippen molar-refractivity contribution < 1.29 is 9.47 Å². The quantitative estimate of drug-likeness (QED) is 0.848. The molecular formula is C14H21NO2. The summed E-state index contributed by atoms with van der Waals surface area (Å²) in [6, 6.07) is 6.55. The summed E-state index contributed by atoms with van der Waals surface area (Å²) in [7, 11) is 1.71. The van der Waals surface area contributed by atoms with E-state index in [4.69, 9.17) is 15.2 Å². The highest BCUT2D eigenvalue weighted by atomic mass is 16.5. The fourth-order valence-corrected chi connectivity index (χ4v) is 2.14. The number of aryl methyl sites for hydroxylation is 1. The number of nitrogens with two attached hydrogens (primary N) is 1. The van der Waals surface area contributed by atoms with Crippen molar-refractivity contribution in [2.24, 2.45) is 5.73 Å². The van der Waals surface area contributed by atoms with Gasteiger partial charge < -0.3 is 15.2 Å². The Morgan fingerprint density at radius 1 is 1.47 bits per heavy atom. The molecule has 0 bridgehead atoms. The largest absolute Gasteiger partial charge is 0.493 e. The van der Waals surface area contributed by atoms with Crippen LogP contribution in [0.15, 0.2) is 18.2 Å². The van der Waals surface area contributed by atoms with Gasteiger partial charge in [-0.05, 0) is 37.0 Å². The number of benzene rings is 1. The van der Waals surface area contributed by atoms with E-state index in [9.17, 15) is 0 Å². The third-order valence-corrected chi connectivity index (χ3v) is 3.49. The van der Waals surface area contributed by atoms with Gasteiger partial charge in [0.2, 0.25) is 0 Å². The molecule has 0 spiro atoms. The number of hydrogen-bond donors (Lipinski definition) is 1. The van der Waals surface area contributed by atoms with Crippen LogP contribution < -0.4 is 10.5 Å². The van der Waals surface area contributed by atoms with Gasteiger partial charge in [0.15, 0.2) is 0 Å². The van der Waals surface area contributed by atoms with Crippen molar-refractivity contribution in [3.63, 3.8) is 0 Å². The first-order valence-electron chi connectivity index (χ1n) is 6.23. The predicted molar refractivity (Wildman–Crippen MR) is 68.4 cm³/mol. The van der Waals surface area contributed by atoms with E-state index in [-0.39, 0.29) is 12.1 Å². The average molecular weight is 235 g/mol. The van der Waals surface area contributed by atoms with Crippen LogP contribution in [0.4, 0.5) is 0 Å². The smallest absolute Gasteiger partial charge is 0.122 e. The molecule has 0 saturated carbocycles. The third-order valence-electron chi connectivity index (χ3n) is 3.49. The highest BCUT2D eigenvalue weighted by Crippen LogP contribution is 2.26. The number of hydrogen-bond acceptors (Lipinski definition) is 3. The van der Waals surface area contributed by atoms with E-state index in [0.29, 0.717) is 0 Å². The summed E-state index contributed by atoms with van der Waals surface area (Å²) in [6.07, 6.45) is 3.10. The molecule has 0 amide bonds. The first-order valence-corrected chi connectivity index (χ1v) is 6.23. The van der Waals surface area contributed by atoms with E-state index >= 15 is 0 Å². The Morgan fingerprint density at radius 3 is 3.06 bits per heavy atom. The van der Waals surface area contributed by atoms with E-state index in [1.54, 1.807) is 7.11 Å². The first kappa shape index (κ1) is 12.4. The van der Waals surface area contributed by atoms with Gasteiger partial charge in [0.25, 0.3) is 0 Å². The summed E-state index contributed by atoms with van der Waals surface area (Å²) in [5, 5.41) is 0. The molecule has 2 rings (SSSR count). The van der Waals surface area contributed by atoms with Crippen LogP contribution in [-0.2, 0) is 17.6 Å². The van der Waals surface area contributed by atoms with E-state index < -0.39 is 0 Å². The van der Waals surface area contributed by atoms with E-state index in [0.717, 1.165) is 31.6 Å². The molecule has 0 saturated heterocycles. The second-order valence-electron chi connectivity index (χ2n) is 4.68. The first-order chi connectivity index (χ1) is 8.20. The topological polar surface area (TPSA) is 44.5 Å². The second kappa shape index (κ2) is 5.52. The van der Waals surface area contributed by atoms with Gasteiger partial charge >= 0.3 is 0 Å². The van der Waals surface area contributed by atoms with Gasteiger partial charge in [-0.2, -0.15) is 0 Å². The van der Waals surface area contributed by atoms with Crippen LogP contribution in [-0.4, -0.2) is 25.9 Å². The summed E-state index contributed by atoms with van der Waals surface area (Å²) in [5.41, 5.74) is 8.71. The van der Waals surface area contributed by atoms with Crippen LogP contribution >= 0.6 is 0 Å². The van der Waals surface area contributed by atoms with Crippen molar-refractivity contribution in [3.05, 3.63) is 29.3 Å². The highest BCUT2D eigenvalue weighted by molar-refractivity contribution is 5.39. The Kier molecular flexibility index (Phi) is 4.02. The summed E-state index contributed by atoms with van der Waals surface area (Å²) < 4.78 is 10.7. The fraction of sp³-hybridized carbons (Fsp3) is 0.571. The molecule has 1 aromatic rings. The normalized spacial score (nSPS) is 17.4. The lowest BCUT2D eigenvalue weighted by molar-refractivity contribution is 0.0930. The Bertz CT molecular complexity index is 378. The minimum atomic E-state index is 0.101. The van der Waals surface area contributed by atoms with Gasteiger partial charge in [-0.25, -0.2) is 0 Å². The number of methoxy groups -OCH3 is 1. The van der Waals surface area contributed by atoms with Crippen LogP contribution in [0.3, 0.4) is 0 Å². The SMILES string of the molecule is COC(C)C(N)CCc1ccc2c(c1)CCO2. The maximum absolute atomic E-state index is 6.04. The van der Waals surface area contributed by atoms with E-state index in [1.165, 1.54) is 11.1 Å². The predicted octanol–water partition coefficient (Wildman–Crippen LogP) is 1.92. The molecule has 17 heavy (non-hydrogen) atoms. The van der Waals surface area contributed by atoms with Gasteiger partial charge in [0, 0.05) is 19.6 Å². The molecule has 0 aliphatic carbocycles. The van der Waals surface area contributed by atoms with Gasteiger partial charge in [0.05, 0.1) is 12.7 Å². The maximum atomic E-state index is 6.04. The summed E-state index contributed by atoms with van der Waals surface area (Å²) >= 11 is 0. The Morgan fingerprint density at radius 2 is 2.29 bits per heavy atom. The van der Waals surface area contributed by atoms with E-state index in [1.807, 2.05) is 6.92 Å². The summed E-state index contributed by atoms with van der Waals surface area (Å²) in [4.78, 5) is 0. The van der Waals surface area contributed by atoms with Crippen LogP contribution in [0.5, 0.6) is 5.75 Å². The van der Waals surface area contributed by atoms with Crippen molar-refractivity contribution in [2.45, 2.75) is 38.3 Å².